The molecule has 0 radical (unpaired) electrons. The number of hydrogen-bond donors (Lipinski definition) is 0. The Labute approximate surface area is 158 Å². The molecule has 0 N–H and O–H groups in total. The lowest BCUT2D eigenvalue weighted by Gasteiger charge is -2.11. The van der Waals surface area contributed by atoms with Gasteiger partial charge in [-0.3, -0.25) is 15.1 Å². The van der Waals surface area contributed by atoms with E-state index in [0.29, 0.717) is 0 Å². The number of nitrogens with zero attached hydrogens (tertiary/aromatic N) is 2. The Bertz CT molecular complexity index is 922. The molecule has 0 aliphatic heterocycles. The Morgan fingerprint density at radius 1 is 1.07 bits per heavy atom. The monoisotopic (exact) mass is 391 g/mol. The van der Waals surface area contributed by atoms with Gasteiger partial charge in [-0.1, -0.05) is 11.6 Å². The van der Waals surface area contributed by atoms with Crippen LogP contribution in [0.1, 0.15) is 26.3 Å². The first-order valence-electron chi connectivity index (χ1n) is 7.27. The molecule has 10 heteroatoms. The maximum absolute atomic E-state index is 12.1. The SMILES string of the molecule is COC(=O)c1cc(N=Cc2cc(Cl)cc([N+](=O)[O-])c2[O-])cc(C(=O)OC)c1. The lowest BCUT2D eigenvalue weighted by molar-refractivity contribution is -0.398. The van der Waals surface area contributed by atoms with Gasteiger partial charge in [0.15, 0.2) is 0 Å². The minimum atomic E-state index is -0.870. The number of aliphatic imine (C=N–C) groups is 1. The number of nitro benzene ring substituents is 1. The molecule has 2 aromatic rings. The van der Waals surface area contributed by atoms with Crippen molar-refractivity contribution in [3.63, 3.8) is 0 Å². The molecule has 0 aromatic heterocycles. The smallest absolute Gasteiger partial charge is 0.337 e. The number of nitro groups is 1. The van der Waals surface area contributed by atoms with Crippen LogP contribution in [0.25, 0.3) is 0 Å². The second-order valence-electron chi connectivity index (χ2n) is 5.11. The average Bonchev–Trinajstić information content (AvgIpc) is 2.66. The van der Waals surface area contributed by atoms with Crippen molar-refractivity contribution in [3.8, 4) is 5.75 Å². The summed E-state index contributed by atoms with van der Waals surface area (Å²) in [6, 6.07) is 6.05. The first-order chi connectivity index (χ1) is 12.8. The van der Waals surface area contributed by atoms with E-state index in [2.05, 4.69) is 14.5 Å². The molecule has 0 bridgehead atoms. The summed E-state index contributed by atoms with van der Waals surface area (Å²) in [6.45, 7) is 0. The zero-order valence-corrected chi connectivity index (χ0v) is 14.9. The number of esters is 2. The van der Waals surface area contributed by atoms with Gasteiger partial charge < -0.3 is 14.6 Å². The summed E-state index contributed by atoms with van der Waals surface area (Å²) < 4.78 is 9.23. The molecule has 0 fully saturated rings. The van der Waals surface area contributed by atoms with E-state index in [1.807, 2.05) is 0 Å². The van der Waals surface area contributed by atoms with E-state index in [-0.39, 0.29) is 27.4 Å². The molecule has 9 nitrogen and oxygen atoms in total. The van der Waals surface area contributed by atoms with E-state index >= 15 is 0 Å². The van der Waals surface area contributed by atoms with Gasteiger partial charge in [-0.25, -0.2) is 9.59 Å². The van der Waals surface area contributed by atoms with Gasteiger partial charge >= 0.3 is 11.9 Å². The van der Waals surface area contributed by atoms with Crippen LogP contribution >= 0.6 is 11.6 Å². The Kier molecular flexibility index (Phi) is 6.09. The largest absolute Gasteiger partial charge is 0.867 e. The standard InChI is InChI=1S/C17H13ClN2O7/c1-26-16(22)9-3-10(17(23)27-2)6-13(5-9)19-8-11-4-12(18)7-14(15(11)21)20(24)25/h3-8,21H,1-2H3/p-1. The predicted molar refractivity (Wildman–Crippen MR) is 93.9 cm³/mol. The molecule has 27 heavy (non-hydrogen) atoms. The Morgan fingerprint density at radius 3 is 2.11 bits per heavy atom. The van der Waals surface area contributed by atoms with Gasteiger partial charge in [0.1, 0.15) is 0 Å². The maximum Gasteiger partial charge on any atom is 0.337 e. The third-order valence-electron chi connectivity index (χ3n) is 3.37. The number of rotatable bonds is 5. The van der Waals surface area contributed by atoms with Crippen LogP contribution in [0.5, 0.6) is 5.75 Å². The Hall–Kier alpha value is -3.46. The van der Waals surface area contributed by atoms with Crippen LogP contribution in [-0.4, -0.2) is 37.3 Å². The zero-order chi connectivity index (χ0) is 20.1. The lowest BCUT2D eigenvalue weighted by Crippen LogP contribution is -2.06. The van der Waals surface area contributed by atoms with Crippen LogP contribution in [0.3, 0.4) is 0 Å². The van der Waals surface area contributed by atoms with Crippen LogP contribution in [0.4, 0.5) is 11.4 Å². The van der Waals surface area contributed by atoms with Crippen molar-refractivity contribution in [2.75, 3.05) is 14.2 Å². The highest BCUT2D eigenvalue weighted by atomic mass is 35.5. The first-order valence-corrected chi connectivity index (χ1v) is 7.65. The van der Waals surface area contributed by atoms with Crippen molar-refractivity contribution >= 4 is 41.1 Å². The summed E-state index contributed by atoms with van der Waals surface area (Å²) in [7, 11) is 2.34. The molecule has 0 spiro atoms. The number of halogens is 1. The molecule has 2 aromatic carbocycles. The first kappa shape index (κ1) is 19.9. The fourth-order valence-corrected chi connectivity index (χ4v) is 2.35. The highest BCUT2D eigenvalue weighted by Gasteiger charge is 2.14. The van der Waals surface area contributed by atoms with Crippen molar-refractivity contribution in [1.82, 2.24) is 0 Å². The van der Waals surface area contributed by atoms with E-state index in [1.54, 1.807) is 0 Å². The third kappa shape index (κ3) is 4.59. The van der Waals surface area contributed by atoms with Gasteiger partial charge in [-0.2, -0.15) is 0 Å². The molecule has 0 saturated heterocycles. The fraction of sp³-hybridized carbons (Fsp3) is 0.118. The molecular weight excluding hydrogens is 380 g/mol. The lowest BCUT2D eigenvalue weighted by atomic mass is 10.1. The molecule has 0 heterocycles. The predicted octanol–water partition coefficient (Wildman–Crippen LogP) is 2.65. The van der Waals surface area contributed by atoms with Crippen LogP contribution in [0, 0.1) is 10.1 Å². The van der Waals surface area contributed by atoms with Crippen molar-refractivity contribution in [3.05, 3.63) is 62.2 Å². The number of ether oxygens (including phenoxy) is 2. The Morgan fingerprint density at radius 2 is 1.63 bits per heavy atom. The third-order valence-corrected chi connectivity index (χ3v) is 3.59. The van der Waals surface area contributed by atoms with Gasteiger partial charge in [-0.05, 0) is 35.6 Å². The van der Waals surface area contributed by atoms with Gasteiger partial charge in [0.05, 0.1) is 36.0 Å². The van der Waals surface area contributed by atoms with Gasteiger partial charge in [0.25, 0.3) is 5.69 Å². The van der Waals surface area contributed by atoms with Crippen LogP contribution in [0.2, 0.25) is 5.02 Å². The molecule has 0 unspecified atom stereocenters. The number of benzene rings is 2. The molecule has 0 amide bonds. The number of carbonyl (C=O) groups is 2. The van der Waals surface area contributed by atoms with E-state index in [0.717, 1.165) is 12.3 Å². The van der Waals surface area contributed by atoms with E-state index in [9.17, 15) is 24.8 Å². The zero-order valence-electron chi connectivity index (χ0n) is 14.1. The number of carbonyl (C=O) groups excluding carboxylic acids is 2. The average molecular weight is 392 g/mol. The second-order valence-corrected chi connectivity index (χ2v) is 5.55. The number of hydrogen-bond acceptors (Lipinski definition) is 8. The molecule has 0 aliphatic rings. The maximum atomic E-state index is 12.1. The van der Waals surface area contributed by atoms with Crippen LogP contribution in [-0.2, 0) is 9.47 Å². The minimum absolute atomic E-state index is 0.0127. The quantitative estimate of drug-likeness (QED) is 0.331. The van der Waals surface area contributed by atoms with Crippen LogP contribution < -0.4 is 5.11 Å². The topological polar surface area (TPSA) is 131 Å². The number of methoxy groups -OCH3 is 2. The summed E-state index contributed by atoms with van der Waals surface area (Å²) in [6.07, 6.45) is 1.05. The molecular formula is C17H12ClN2O7-. The highest BCUT2D eigenvalue weighted by molar-refractivity contribution is 6.31. The van der Waals surface area contributed by atoms with Gasteiger partial charge in [0.2, 0.25) is 0 Å². The van der Waals surface area contributed by atoms with Crippen LogP contribution in [0.15, 0.2) is 35.3 Å². The minimum Gasteiger partial charge on any atom is -0.867 e. The van der Waals surface area contributed by atoms with Crippen molar-refractivity contribution in [1.29, 1.82) is 0 Å². The second kappa shape index (κ2) is 8.28. The normalized spacial score (nSPS) is 10.6. The molecule has 0 aliphatic carbocycles. The fourth-order valence-electron chi connectivity index (χ4n) is 2.13. The molecule has 2 rings (SSSR count). The van der Waals surface area contributed by atoms with E-state index in [1.165, 1.54) is 38.5 Å². The van der Waals surface area contributed by atoms with Crippen molar-refractivity contribution in [2.45, 2.75) is 0 Å². The van der Waals surface area contributed by atoms with E-state index < -0.39 is 28.3 Å². The van der Waals surface area contributed by atoms with Crippen molar-refractivity contribution in [2.24, 2.45) is 4.99 Å². The summed E-state index contributed by atoms with van der Waals surface area (Å²) >= 11 is 5.79. The molecule has 0 atom stereocenters. The summed E-state index contributed by atoms with van der Waals surface area (Å²) in [5, 5.41) is 23.0. The van der Waals surface area contributed by atoms with E-state index in [4.69, 9.17) is 11.6 Å². The summed E-state index contributed by atoms with van der Waals surface area (Å²) in [5.74, 6) is -2.29. The molecule has 0 saturated carbocycles. The Balaban J connectivity index is 2.52. The van der Waals surface area contributed by atoms with Crippen molar-refractivity contribution < 1.29 is 29.1 Å². The molecule has 140 valence electrons. The summed E-state index contributed by atoms with van der Waals surface area (Å²) in [5.41, 5.74) is -0.626. The summed E-state index contributed by atoms with van der Waals surface area (Å²) in [4.78, 5) is 37.6. The van der Waals surface area contributed by atoms with Gasteiger partial charge in [0, 0.05) is 17.3 Å². The van der Waals surface area contributed by atoms with Gasteiger partial charge in [-0.15, -0.1) is 0 Å². The highest BCUT2D eigenvalue weighted by Crippen LogP contribution is 2.30.